The van der Waals surface area contributed by atoms with Crippen LogP contribution in [0, 0.1) is 5.92 Å². The highest BCUT2D eigenvalue weighted by Gasteiger charge is 2.29. The molecule has 1 saturated carbocycles. The fourth-order valence-corrected chi connectivity index (χ4v) is 2.60. The standard InChI is InChI=1S/C10H13ClOS/c11-10-6-4-8(13-10)3-5-9(12)7-1-2-7/h4,6-7,9,12H,1-3,5H2. The maximum absolute atomic E-state index is 9.63. The molecule has 1 unspecified atom stereocenters. The number of hydrogen-bond donors (Lipinski definition) is 1. The molecule has 0 aliphatic heterocycles. The maximum atomic E-state index is 9.63. The highest BCUT2D eigenvalue weighted by Crippen LogP contribution is 2.34. The molecule has 0 aromatic carbocycles. The molecule has 3 heteroatoms. The normalized spacial score (nSPS) is 18.9. The molecule has 1 nitrogen and oxygen atoms in total. The summed E-state index contributed by atoms with van der Waals surface area (Å²) in [5, 5.41) is 9.63. The van der Waals surface area contributed by atoms with Crippen molar-refractivity contribution < 1.29 is 5.11 Å². The summed E-state index contributed by atoms with van der Waals surface area (Å²) < 4.78 is 0.843. The largest absolute Gasteiger partial charge is 0.393 e. The van der Waals surface area contributed by atoms with Gasteiger partial charge in [-0.1, -0.05) is 11.6 Å². The molecule has 0 saturated heterocycles. The van der Waals surface area contributed by atoms with E-state index in [0.29, 0.717) is 5.92 Å². The zero-order chi connectivity index (χ0) is 9.26. The summed E-state index contributed by atoms with van der Waals surface area (Å²) in [5.74, 6) is 0.593. The molecule has 0 amide bonds. The van der Waals surface area contributed by atoms with E-state index in [2.05, 4.69) is 0 Å². The number of hydrogen-bond acceptors (Lipinski definition) is 2. The average Bonchev–Trinajstić information content (AvgIpc) is 2.87. The zero-order valence-electron chi connectivity index (χ0n) is 7.37. The lowest BCUT2D eigenvalue weighted by Gasteiger charge is -2.06. The highest BCUT2D eigenvalue weighted by molar-refractivity contribution is 7.16. The fourth-order valence-electron chi connectivity index (χ4n) is 1.49. The minimum atomic E-state index is -0.0825. The Balaban J connectivity index is 1.78. The average molecular weight is 217 g/mol. The van der Waals surface area contributed by atoms with Crippen molar-refractivity contribution in [2.75, 3.05) is 0 Å². The van der Waals surface area contributed by atoms with E-state index in [1.165, 1.54) is 17.7 Å². The molecule has 1 aliphatic rings. The third kappa shape index (κ3) is 2.70. The van der Waals surface area contributed by atoms with Crippen LogP contribution in [0.25, 0.3) is 0 Å². The number of aryl methyl sites for hydroxylation is 1. The van der Waals surface area contributed by atoms with Crippen molar-refractivity contribution in [1.82, 2.24) is 0 Å². The number of halogens is 1. The van der Waals surface area contributed by atoms with Gasteiger partial charge in [-0.2, -0.15) is 0 Å². The van der Waals surface area contributed by atoms with Gasteiger partial charge in [-0.25, -0.2) is 0 Å². The lowest BCUT2D eigenvalue weighted by molar-refractivity contribution is 0.142. The molecular formula is C10H13ClOS. The van der Waals surface area contributed by atoms with E-state index in [1.807, 2.05) is 12.1 Å². The van der Waals surface area contributed by atoms with Gasteiger partial charge in [-0.05, 0) is 43.7 Å². The Labute approximate surface area is 87.4 Å². The number of rotatable bonds is 4. The lowest BCUT2D eigenvalue weighted by atomic mass is 10.1. The molecule has 0 radical (unpaired) electrons. The predicted molar refractivity (Wildman–Crippen MR) is 56.4 cm³/mol. The summed E-state index contributed by atoms with van der Waals surface area (Å²) in [5.41, 5.74) is 0. The van der Waals surface area contributed by atoms with E-state index in [4.69, 9.17) is 11.6 Å². The second-order valence-electron chi connectivity index (χ2n) is 3.65. The van der Waals surface area contributed by atoms with E-state index in [-0.39, 0.29) is 6.10 Å². The third-order valence-electron chi connectivity index (χ3n) is 2.48. The van der Waals surface area contributed by atoms with Crippen molar-refractivity contribution in [3.8, 4) is 0 Å². The van der Waals surface area contributed by atoms with Gasteiger partial charge < -0.3 is 5.11 Å². The van der Waals surface area contributed by atoms with Crippen LogP contribution < -0.4 is 0 Å². The third-order valence-corrected chi connectivity index (χ3v) is 3.77. The summed E-state index contributed by atoms with van der Waals surface area (Å²) in [6.45, 7) is 0. The quantitative estimate of drug-likeness (QED) is 0.820. The molecule has 1 aliphatic carbocycles. The summed E-state index contributed by atoms with van der Waals surface area (Å²) >= 11 is 7.42. The highest BCUT2D eigenvalue weighted by atomic mass is 35.5. The zero-order valence-corrected chi connectivity index (χ0v) is 8.94. The van der Waals surface area contributed by atoms with Crippen LogP contribution in [0.2, 0.25) is 4.34 Å². The molecule has 1 aromatic heterocycles. The molecule has 1 atom stereocenters. The first kappa shape index (κ1) is 9.50. The summed E-state index contributed by atoms with van der Waals surface area (Å²) in [6.07, 6.45) is 4.20. The first-order valence-corrected chi connectivity index (χ1v) is 5.87. The van der Waals surface area contributed by atoms with Gasteiger partial charge in [0, 0.05) is 4.88 Å². The number of aliphatic hydroxyl groups is 1. The van der Waals surface area contributed by atoms with E-state index < -0.39 is 0 Å². The second kappa shape index (κ2) is 3.99. The van der Waals surface area contributed by atoms with Gasteiger partial charge >= 0.3 is 0 Å². The summed E-state index contributed by atoms with van der Waals surface area (Å²) in [6, 6.07) is 3.97. The molecule has 0 bridgehead atoms. The van der Waals surface area contributed by atoms with E-state index in [0.717, 1.165) is 17.2 Å². The van der Waals surface area contributed by atoms with Gasteiger partial charge in [0.15, 0.2) is 0 Å². The van der Waals surface area contributed by atoms with Crippen molar-refractivity contribution in [3.63, 3.8) is 0 Å². The van der Waals surface area contributed by atoms with Gasteiger partial charge in [-0.3, -0.25) is 0 Å². The minimum Gasteiger partial charge on any atom is -0.393 e. The molecule has 0 spiro atoms. The van der Waals surface area contributed by atoms with Crippen LogP contribution in [0.4, 0.5) is 0 Å². The van der Waals surface area contributed by atoms with Crippen molar-refractivity contribution in [3.05, 3.63) is 21.3 Å². The Morgan fingerprint density at radius 1 is 1.54 bits per heavy atom. The first-order valence-electron chi connectivity index (χ1n) is 4.68. The topological polar surface area (TPSA) is 20.2 Å². The van der Waals surface area contributed by atoms with Crippen LogP contribution in [0.3, 0.4) is 0 Å². The Kier molecular flexibility index (Phi) is 2.92. The van der Waals surface area contributed by atoms with Crippen molar-refractivity contribution >= 4 is 22.9 Å². The smallest absolute Gasteiger partial charge is 0.0931 e. The summed E-state index contributed by atoms with van der Waals surface area (Å²) in [7, 11) is 0. The van der Waals surface area contributed by atoms with Crippen LogP contribution in [0.5, 0.6) is 0 Å². The first-order chi connectivity index (χ1) is 6.25. The maximum Gasteiger partial charge on any atom is 0.0931 e. The Bertz CT molecular complexity index is 280. The SMILES string of the molecule is OC(CCc1ccc(Cl)s1)C1CC1. The van der Waals surface area contributed by atoms with E-state index in [9.17, 15) is 5.11 Å². The van der Waals surface area contributed by atoms with Gasteiger partial charge in [-0.15, -0.1) is 11.3 Å². The van der Waals surface area contributed by atoms with Crippen LogP contribution >= 0.6 is 22.9 Å². The Morgan fingerprint density at radius 2 is 2.31 bits per heavy atom. The van der Waals surface area contributed by atoms with E-state index in [1.54, 1.807) is 11.3 Å². The molecular weight excluding hydrogens is 204 g/mol. The lowest BCUT2D eigenvalue weighted by Crippen LogP contribution is -2.09. The van der Waals surface area contributed by atoms with Gasteiger partial charge in [0.2, 0.25) is 0 Å². The molecule has 72 valence electrons. The van der Waals surface area contributed by atoms with Crippen molar-refractivity contribution in [2.45, 2.75) is 31.8 Å². The van der Waals surface area contributed by atoms with Gasteiger partial charge in [0.25, 0.3) is 0 Å². The van der Waals surface area contributed by atoms with Crippen molar-refractivity contribution in [2.24, 2.45) is 5.92 Å². The molecule has 1 fully saturated rings. The second-order valence-corrected chi connectivity index (χ2v) is 5.45. The van der Waals surface area contributed by atoms with E-state index >= 15 is 0 Å². The minimum absolute atomic E-state index is 0.0825. The predicted octanol–water partition coefficient (Wildman–Crippen LogP) is 3.11. The molecule has 1 aromatic rings. The molecule has 13 heavy (non-hydrogen) atoms. The molecule has 1 N–H and O–H groups in total. The van der Waals surface area contributed by atoms with Gasteiger partial charge in [0.1, 0.15) is 0 Å². The monoisotopic (exact) mass is 216 g/mol. The molecule has 1 heterocycles. The number of thiophene rings is 1. The van der Waals surface area contributed by atoms with Gasteiger partial charge in [0.05, 0.1) is 10.4 Å². The Hall–Kier alpha value is -0.0500. The van der Waals surface area contributed by atoms with Crippen LogP contribution in [-0.2, 0) is 6.42 Å². The van der Waals surface area contributed by atoms with Crippen LogP contribution in [0.1, 0.15) is 24.1 Å². The molecule has 2 rings (SSSR count). The van der Waals surface area contributed by atoms with Crippen LogP contribution in [0.15, 0.2) is 12.1 Å². The summed E-state index contributed by atoms with van der Waals surface area (Å²) in [4.78, 5) is 1.28. The van der Waals surface area contributed by atoms with Crippen LogP contribution in [-0.4, -0.2) is 11.2 Å². The number of aliphatic hydroxyl groups excluding tert-OH is 1. The van der Waals surface area contributed by atoms with Crippen molar-refractivity contribution in [1.29, 1.82) is 0 Å². The Morgan fingerprint density at radius 3 is 2.85 bits per heavy atom. The fraction of sp³-hybridized carbons (Fsp3) is 0.600.